The van der Waals surface area contributed by atoms with Crippen LogP contribution in [-0.2, 0) is 16.0 Å². The molecule has 120 valence electrons. The second-order valence-electron chi connectivity index (χ2n) is 6.11. The Balaban J connectivity index is 2.69. The molecule has 1 rings (SSSR count). The van der Waals surface area contributed by atoms with Gasteiger partial charge in [-0.2, -0.15) is 0 Å². The van der Waals surface area contributed by atoms with E-state index in [0.29, 0.717) is 5.56 Å². The number of nitro groups is 1. The van der Waals surface area contributed by atoms with Crippen LogP contribution in [0, 0.1) is 10.1 Å². The Bertz CT molecular complexity index is 578. The van der Waals surface area contributed by atoms with Crippen molar-refractivity contribution in [2.75, 3.05) is 13.6 Å². The first-order valence-corrected chi connectivity index (χ1v) is 6.87. The molecule has 0 aliphatic carbocycles. The van der Waals surface area contributed by atoms with Crippen molar-refractivity contribution in [2.45, 2.75) is 32.7 Å². The monoisotopic (exact) mass is 307 g/mol. The largest absolute Gasteiger partial charge is 0.350 e. The van der Waals surface area contributed by atoms with Gasteiger partial charge < -0.3 is 10.2 Å². The van der Waals surface area contributed by atoms with Gasteiger partial charge in [0.25, 0.3) is 5.69 Å². The summed E-state index contributed by atoms with van der Waals surface area (Å²) < 4.78 is 0. The van der Waals surface area contributed by atoms with Gasteiger partial charge in [0.1, 0.15) is 0 Å². The quantitative estimate of drug-likeness (QED) is 0.659. The standard InChI is InChI=1S/C15H21N3O4/c1-15(2,3)16-13(19)10-17(4)14(20)9-11-7-5-6-8-12(11)18(21)22/h5-8H,9-10H2,1-4H3,(H,16,19). The molecule has 0 saturated heterocycles. The van der Waals surface area contributed by atoms with Crippen LogP contribution >= 0.6 is 0 Å². The third-order valence-electron chi connectivity index (χ3n) is 2.85. The summed E-state index contributed by atoms with van der Waals surface area (Å²) >= 11 is 0. The minimum absolute atomic E-state index is 0.0866. The molecule has 0 fully saturated rings. The maximum absolute atomic E-state index is 12.1. The molecule has 1 aromatic carbocycles. The van der Waals surface area contributed by atoms with Crippen LogP contribution in [0.25, 0.3) is 0 Å². The molecule has 7 nitrogen and oxygen atoms in total. The smallest absolute Gasteiger partial charge is 0.273 e. The van der Waals surface area contributed by atoms with Crippen molar-refractivity contribution < 1.29 is 14.5 Å². The second kappa shape index (κ2) is 7.02. The van der Waals surface area contributed by atoms with Crippen molar-refractivity contribution in [2.24, 2.45) is 0 Å². The summed E-state index contributed by atoms with van der Waals surface area (Å²) in [6, 6.07) is 6.09. The minimum Gasteiger partial charge on any atom is -0.350 e. The third-order valence-corrected chi connectivity index (χ3v) is 2.85. The fraction of sp³-hybridized carbons (Fsp3) is 0.467. The van der Waals surface area contributed by atoms with Crippen LogP contribution in [-0.4, -0.2) is 40.8 Å². The van der Waals surface area contributed by atoms with Gasteiger partial charge in [-0.15, -0.1) is 0 Å². The number of rotatable bonds is 5. The maximum atomic E-state index is 12.1. The summed E-state index contributed by atoms with van der Waals surface area (Å²) in [5.74, 6) is -0.621. The van der Waals surface area contributed by atoms with E-state index in [1.165, 1.54) is 18.0 Å². The van der Waals surface area contributed by atoms with E-state index in [2.05, 4.69) is 5.32 Å². The first-order chi connectivity index (χ1) is 10.1. The fourth-order valence-corrected chi connectivity index (χ4v) is 1.90. The Morgan fingerprint density at radius 1 is 1.27 bits per heavy atom. The number of nitro benzene ring substituents is 1. The molecule has 0 aromatic heterocycles. The molecule has 0 heterocycles. The normalized spacial score (nSPS) is 10.9. The van der Waals surface area contributed by atoms with Crippen LogP contribution < -0.4 is 5.32 Å². The molecule has 0 unspecified atom stereocenters. The fourth-order valence-electron chi connectivity index (χ4n) is 1.90. The highest BCUT2D eigenvalue weighted by Crippen LogP contribution is 2.18. The number of nitrogens with one attached hydrogen (secondary N) is 1. The zero-order valence-corrected chi connectivity index (χ0v) is 13.3. The Hall–Kier alpha value is -2.44. The Morgan fingerprint density at radius 2 is 1.86 bits per heavy atom. The number of para-hydroxylation sites is 1. The predicted octanol–water partition coefficient (Wildman–Crippen LogP) is 1.51. The zero-order chi connectivity index (χ0) is 16.9. The average molecular weight is 307 g/mol. The van der Waals surface area contributed by atoms with E-state index in [1.807, 2.05) is 20.8 Å². The van der Waals surface area contributed by atoms with Crippen molar-refractivity contribution in [3.8, 4) is 0 Å². The lowest BCUT2D eigenvalue weighted by molar-refractivity contribution is -0.385. The summed E-state index contributed by atoms with van der Waals surface area (Å²) in [7, 11) is 1.50. The first-order valence-electron chi connectivity index (χ1n) is 6.87. The number of hydrogen-bond acceptors (Lipinski definition) is 4. The van der Waals surface area contributed by atoms with E-state index >= 15 is 0 Å². The SMILES string of the molecule is CN(CC(=O)NC(C)(C)C)C(=O)Cc1ccccc1[N+](=O)[O-]. The minimum atomic E-state index is -0.519. The molecule has 0 saturated carbocycles. The topological polar surface area (TPSA) is 92.6 Å². The second-order valence-corrected chi connectivity index (χ2v) is 6.11. The molecule has 0 radical (unpaired) electrons. The molecule has 0 bridgehead atoms. The number of amides is 2. The van der Waals surface area contributed by atoms with Crippen molar-refractivity contribution in [3.63, 3.8) is 0 Å². The summed E-state index contributed by atoms with van der Waals surface area (Å²) in [5, 5.41) is 13.7. The Labute approximate surface area is 129 Å². The molecular formula is C15H21N3O4. The summed E-state index contributed by atoms with van der Waals surface area (Å²) in [6.07, 6.45) is -0.115. The van der Waals surface area contributed by atoms with Gasteiger partial charge in [0, 0.05) is 24.2 Å². The van der Waals surface area contributed by atoms with Crippen LogP contribution in [0.3, 0.4) is 0 Å². The zero-order valence-electron chi connectivity index (χ0n) is 13.3. The first kappa shape index (κ1) is 17.6. The lowest BCUT2D eigenvalue weighted by Crippen LogP contribution is -2.46. The highest BCUT2D eigenvalue weighted by Gasteiger charge is 2.20. The van der Waals surface area contributed by atoms with E-state index in [1.54, 1.807) is 18.2 Å². The van der Waals surface area contributed by atoms with E-state index in [4.69, 9.17) is 0 Å². The van der Waals surface area contributed by atoms with Gasteiger partial charge in [0.05, 0.1) is 17.9 Å². The van der Waals surface area contributed by atoms with Gasteiger partial charge in [-0.3, -0.25) is 19.7 Å². The van der Waals surface area contributed by atoms with Crippen LogP contribution in [0.5, 0.6) is 0 Å². The van der Waals surface area contributed by atoms with E-state index in [9.17, 15) is 19.7 Å². The van der Waals surface area contributed by atoms with Crippen molar-refractivity contribution >= 4 is 17.5 Å². The highest BCUT2D eigenvalue weighted by molar-refractivity contribution is 5.86. The number of nitrogens with zero attached hydrogens (tertiary/aromatic N) is 2. The number of carbonyl (C=O) groups is 2. The number of carbonyl (C=O) groups excluding carboxylic acids is 2. The lowest BCUT2D eigenvalue weighted by atomic mass is 10.1. The van der Waals surface area contributed by atoms with Crippen molar-refractivity contribution in [1.29, 1.82) is 0 Å². The lowest BCUT2D eigenvalue weighted by Gasteiger charge is -2.23. The molecule has 2 amide bonds. The van der Waals surface area contributed by atoms with Crippen molar-refractivity contribution in [3.05, 3.63) is 39.9 Å². The molecule has 0 atom stereocenters. The van der Waals surface area contributed by atoms with Crippen molar-refractivity contribution in [1.82, 2.24) is 10.2 Å². The molecule has 1 N–H and O–H groups in total. The Kier molecular flexibility index (Phi) is 5.62. The van der Waals surface area contributed by atoms with Gasteiger partial charge in [0.2, 0.25) is 11.8 Å². The molecular weight excluding hydrogens is 286 g/mol. The van der Waals surface area contributed by atoms with Crippen LogP contribution in [0.1, 0.15) is 26.3 Å². The van der Waals surface area contributed by atoms with Gasteiger partial charge in [-0.25, -0.2) is 0 Å². The van der Waals surface area contributed by atoms with Crippen LogP contribution in [0.4, 0.5) is 5.69 Å². The Morgan fingerprint density at radius 3 is 2.41 bits per heavy atom. The molecule has 7 heteroatoms. The molecule has 1 aromatic rings. The average Bonchev–Trinajstić information content (AvgIpc) is 2.36. The number of benzene rings is 1. The molecule has 0 spiro atoms. The number of likely N-dealkylation sites (N-methyl/N-ethyl adjacent to an activating group) is 1. The maximum Gasteiger partial charge on any atom is 0.273 e. The van der Waals surface area contributed by atoms with E-state index in [-0.39, 0.29) is 36.0 Å². The predicted molar refractivity (Wildman–Crippen MR) is 82.3 cm³/mol. The molecule has 0 aliphatic rings. The summed E-state index contributed by atoms with van der Waals surface area (Å²) in [4.78, 5) is 35.6. The van der Waals surface area contributed by atoms with E-state index in [0.717, 1.165) is 0 Å². The molecule has 0 aliphatic heterocycles. The van der Waals surface area contributed by atoms with Gasteiger partial charge in [-0.05, 0) is 20.8 Å². The molecule has 22 heavy (non-hydrogen) atoms. The third kappa shape index (κ3) is 5.51. The van der Waals surface area contributed by atoms with E-state index < -0.39 is 4.92 Å². The van der Waals surface area contributed by atoms with Gasteiger partial charge in [-0.1, -0.05) is 18.2 Å². The van der Waals surface area contributed by atoms with Crippen LogP contribution in [0.2, 0.25) is 0 Å². The number of hydrogen-bond donors (Lipinski definition) is 1. The summed E-state index contributed by atoms with van der Waals surface area (Å²) in [6.45, 7) is 5.46. The van der Waals surface area contributed by atoms with Gasteiger partial charge >= 0.3 is 0 Å². The van der Waals surface area contributed by atoms with Crippen LogP contribution in [0.15, 0.2) is 24.3 Å². The van der Waals surface area contributed by atoms with Gasteiger partial charge in [0.15, 0.2) is 0 Å². The summed E-state index contributed by atoms with van der Waals surface area (Å²) in [5.41, 5.74) is -0.136. The highest BCUT2D eigenvalue weighted by atomic mass is 16.6.